The van der Waals surface area contributed by atoms with Gasteiger partial charge in [-0.3, -0.25) is 4.79 Å². The van der Waals surface area contributed by atoms with Gasteiger partial charge in [0.05, 0.1) is 25.3 Å². The minimum absolute atomic E-state index is 0.0385. The predicted octanol–water partition coefficient (Wildman–Crippen LogP) is 2.42. The van der Waals surface area contributed by atoms with Crippen LogP contribution in [0.5, 0.6) is 5.88 Å². The van der Waals surface area contributed by atoms with Crippen molar-refractivity contribution in [2.75, 3.05) is 33.0 Å². The van der Waals surface area contributed by atoms with E-state index in [0.29, 0.717) is 42.9 Å². The molecule has 1 aliphatic rings. The van der Waals surface area contributed by atoms with Crippen molar-refractivity contribution in [2.24, 2.45) is 0 Å². The van der Waals surface area contributed by atoms with Crippen LogP contribution in [0.2, 0.25) is 5.02 Å². The fraction of sp³-hybridized carbons (Fsp3) is 0.647. The summed E-state index contributed by atoms with van der Waals surface area (Å²) in [5.74, 6) is 0.0445. The summed E-state index contributed by atoms with van der Waals surface area (Å²) in [4.78, 5) is 16.4. The molecule has 0 spiro atoms. The number of ether oxygens (including phenoxy) is 4. The number of hydrogen-bond acceptors (Lipinski definition) is 6. The highest BCUT2D eigenvalue weighted by Gasteiger charge is 2.19. The Morgan fingerprint density at radius 1 is 1.36 bits per heavy atom. The molecule has 1 amide bonds. The molecule has 0 aromatic carbocycles. The molecule has 25 heavy (non-hydrogen) atoms. The first-order chi connectivity index (χ1) is 12.1. The maximum atomic E-state index is 12.2. The molecule has 1 aromatic rings. The lowest BCUT2D eigenvalue weighted by molar-refractivity contribution is -0.131. The zero-order valence-electron chi connectivity index (χ0n) is 14.6. The Labute approximate surface area is 152 Å². The van der Waals surface area contributed by atoms with Gasteiger partial charge in [-0.05, 0) is 19.9 Å². The zero-order valence-corrected chi connectivity index (χ0v) is 15.4. The normalized spacial score (nSPS) is 15.4. The molecule has 1 aromatic heterocycles. The van der Waals surface area contributed by atoms with Gasteiger partial charge in [0.15, 0.2) is 6.29 Å². The van der Waals surface area contributed by atoms with Crippen LogP contribution in [-0.4, -0.2) is 56.3 Å². The quantitative estimate of drug-likeness (QED) is 0.671. The predicted molar refractivity (Wildman–Crippen MR) is 93.1 cm³/mol. The molecule has 0 aliphatic carbocycles. The van der Waals surface area contributed by atoms with Gasteiger partial charge in [-0.15, -0.1) is 0 Å². The number of aromatic nitrogens is 1. The number of rotatable bonds is 9. The number of carbonyl (C=O) groups excluding carboxylic acids is 1. The Hall–Kier alpha value is -1.41. The summed E-state index contributed by atoms with van der Waals surface area (Å²) >= 11 is 6.21. The number of halogens is 1. The molecule has 1 N–H and O–H groups in total. The number of pyridine rings is 1. The minimum atomic E-state index is -0.474. The third-order valence-electron chi connectivity index (χ3n) is 3.65. The number of amides is 1. The molecule has 140 valence electrons. The van der Waals surface area contributed by atoms with Crippen molar-refractivity contribution >= 4 is 17.5 Å². The maximum Gasteiger partial charge on any atom is 0.253 e. The summed E-state index contributed by atoms with van der Waals surface area (Å²) in [7, 11) is 0. The molecule has 0 unspecified atom stereocenters. The second kappa shape index (κ2) is 10.6. The zero-order chi connectivity index (χ0) is 18.1. The van der Waals surface area contributed by atoms with Gasteiger partial charge in [0.25, 0.3) is 5.91 Å². The average Bonchev–Trinajstić information content (AvgIpc) is 2.62. The molecule has 1 fully saturated rings. The van der Waals surface area contributed by atoms with Crippen LogP contribution in [0.15, 0.2) is 12.3 Å². The van der Waals surface area contributed by atoms with Crippen LogP contribution >= 0.6 is 11.6 Å². The molecule has 0 radical (unpaired) electrons. The largest absolute Gasteiger partial charge is 0.473 e. The first-order valence-electron chi connectivity index (χ1n) is 8.55. The average molecular weight is 373 g/mol. The summed E-state index contributed by atoms with van der Waals surface area (Å²) in [5.41, 5.74) is 0.357. The van der Waals surface area contributed by atoms with E-state index in [0.717, 1.165) is 12.8 Å². The Morgan fingerprint density at radius 2 is 2.04 bits per heavy atom. The summed E-state index contributed by atoms with van der Waals surface area (Å²) in [5, 5.41) is 3.06. The van der Waals surface area contributed by atoms with Crippen LogP contribution in [0.25, 0.3) is 0 Å². The Kier molecular flexibility index (Phi) is 8.40. The smallest absolute Gasteiger partial charge is 0.253 e. The summed E-state index contributed by atoms with van der Waals surface area (Å²) < 4.78 is 21.9. The summed E-state index contributed by atoms with van der Waals surface area (Å²) in [6.07, 6.45) is 2.62. The Bertz CT molecular complexity index is 546. The van der Waals surface area contributed by atoms with Crippen LogP contribution in [-0.2, 0) is 14.2 Å². The molecule has 0 saturated carbocycles. The van der Waals surface area contributed by atoms with Crippen molar-refractivity contribution in [3.63, 3.8) is 0 Å². The Morgan fingerprint density at radius 3 is 2.64 bits per heavy atom. The third kappa shape index (κ3) is 6.43. The van der Waals surface area contributed by atoms with Crippen LogP contribution < -0.4 is 10.1 Å². The van der Waals surface area contributed by atoms with Gasteiger partial charge in [-0.2, -0.15) is 0 Å². The van der Waals surface area contributed by atoms with Gasteiger partial charge in [0.1, 0.15) is 11.1 Å². The van der Waals surface area contributed by atoms with E-state index in [9.17, 15) is 4.79 Å². The lowest BCUT2D eigenvalue weighted by atomic mass is 10.1. The molecule has 1 aliphatic heterocycles. The molecule has 0 atom stereocenters. The van der Waals surface area contributed by atoms with E-state index in [1.54, 1.807) is 6.07 Å². The topological polar surface area (TPSA) is 78.9 Å². The van der Waals surface area contributed by atoms with E-state index in [4.69, 9.17) is 30.5 Å². The van der Waals surface area contributed by atoms with Crippen LogP contribution in [0.1, 0.15) is 37.0 Å². The van der Waals surface area contributed by atoms with Crippen molar-refractivity contribution in [1.29, 1.82) is 0 Å². The molecular formula is C17H25ClN2O5. The van der Waals surface area contributed by atoms with Crippen molar-refractivity contribution in [2.45, 2.75) is 39.1 Å². The first-order valence-corrected chi connectivity index (χ1v) is 8.93. The van der Waals surface area contributed by atoms with Crippen molar-refractivity contribution in [3.8, 4) is 5.88 Å². The molecule has 0 bridgehead atoms. The molecule has 7 nitrogen and oxygen atoms in total. The van der Waals surface area contributed by atoms with Gasteiger partial charge in [-0.25, -0.2) is 4.98 Å². The van der Waals surface area contributed by atoms with Gasteiger partial charge >= 0.3 is 0 Å². The van der Waals surface area contributed by atoms with Gasteiger partial charge in [-0.1, -0.05) is 11.6 Å². The molecular weight excluding hydrogens is 348 g/mol. The summed E-state index contributed by atoms with van der Waals surface area (Å²) in [6.45, 7) is 6.34. The SMILES string of the molecule is CCOC(CNC(=O)c1cnc(OC2CCOCC2)c(Cl)c1)OCC. The number of hydrogen-bond donors (Lipinski definition) is 1. The third-order valence-corrected chi connectivity index (χ3v) is 3.92. The van der Waals surface area contributed by atoms with Gasteiger partial charge in [0.2, 0.25) is 5.88 Å². The van der Waals surface area contributed by atoms with Crippen molar-refractivity contribution in [1.82, 2.24) is 10.3 Å². The van der Waals surface area contributed by atoms with Crippen molar-refractivity contribution < 1.29 is 23.7 Å². The fourth-order valence-electron chi connectivity index (χ4n) is 2.40. The highest BCUT2D eigenvalue weighted by Crippen LogP contribution is 2.25. The van der Waals surface area contributed by atoms with E-state index < -0.39 is 6.29 Å². The van der Waals surface area contributed by atoms with E-state index >= 15 is 0 Å². The second-order valence-electron chi connectivity index (χ2n) is 5.49. The minimum Gasteiger partial charge on any atom is -0.473 e. The number of carbonyl (C=O) groups is 1. The molecule has 2 heterocycles. The molecule has 2 rings (SSSR count). The first kappa shape index (κ1) is 19.9. The standard InChI is InChI=1S/C17H25ClN2O5/c1-3-23-15(24-4-2)11-19-16(21)12-9-14(18)17(20-10-12)25-13-5-7-22-8-6-13/h9-10,13,15H,3-8,11H2,1-2H3,(H,19,21). The van der Waals surface area contributed by atoms with Gasteiger partial charge < -0.3 is 24.3 Å². The van der Waals surface area contributed by atoms with E-state index in [2.05, 4.69) is 10.3 Å². The highest BCUT2D eigenvalue weighted by atomic mass is 35.5. The maximum absolute atomic E-state index is 12.2. The fourth-order valence-corrected chi connectivity index (χ4v) is 2.61. The number of nitrogens with one attached hydrogen (secondary N) is 1. The van der Waals surface area contributed by atoms with Crippen LogP contribution in [0.3, 0.4) is 0 Å². The van der Waals surface area contributed by atoms with E-state index in [-0.39, 0.29) is 18.6 Å². The Balaban J connectivity index is 1.90. The number of nitrogens with zero attached hydrogens (tertiary/aromatic N) is 1. The van der Waals surface area contributed by atoms with E-state index in [1.165, 1.54) is 6.20 Å². The second-order valence-corrected chi connectivity index (χ2v) is 5.90. The highest BCUT2D eigenvalue weighted by molar-refractivity contribution is 6.32. The van der Waals surface area contributed by atoms with Crippen LogP contribution in [0.4, 0.5) is 0 Å². The lowest BCUT2D eigenvalue weighted by Crippen LogP contribution is -2.35. The summed E-state index contributed by atoms with van der Waals surface area (Å²) in [6, 6.07) is 1.55. The van der Waals surface area contributed by atoms with Crippen molar-refractivity contribution in [3.05, 3.63) is 22.8 Å². The monoisotopic (exact) mass is 372 g/mol. The van der Waals surface area contributed by atoms with E-state index in [1.807, 2.05) is 13.8 Å². The molecule has 8 heteroatoms. The van der Waals surface area contributed by atoms with Gasteiger partial charge in [0, 0.05) is 32.3 Å². The molecule has 1 saturated heterocycles. The van der Waals surface area contributed by atoms with Crippen LogP contribution in [0, 0.1) is 0 Å². The lowest BCUT2D eigenvalue weighted by Gasteiger charge is -2.23.